The number of hydrogen-bond donors (Lipinski definition) is 3. The zero-order chi connectivity index (χ0) is 28.3. The summed E-state index contributed by atoms with van der Waals surface area (Å²) in [7, 11) is -4.39. The summed E-state index contributed by atoms with van der Waals surface area (Å²) < 4.78 is 20.3. The SMILES string of the molecule is CCC(CC)(c1ccc(NC(=O)CCc2oc(-n3cnc4ccccc43)nc2-c2ccccc2)cc1)P(=O)(O)O. The summed E-state index contributed by atoms with van der Waals surface area (Å²) in [5, 5.41) is 1.63. The van der Waals surface area contributed by atoms with Crippen LogP contribution in [-0.2, 0) is 20.9 Å². The standard InChI is InChI=1S/C30H31N4O5P/c1-3-30(4-2,40(36,37)38)22-14-16-23(17-15-22)32-27(35)19-18-26-28(21-10-6-5-7-11-21)33-29(39-26)34-20-31-24-12-8-9-13-25(24)34/h5-17,20H,3-4,18-19H2,1-2H3,(H,32,35)(H2,36,37,38). The van der Waals surface area contributed by atoms with Gasteiger partial charge in [0.15, 0.2) is 0 Å². The van der Waals surface area contributed by atoms with E-state index in [4.69, 9.17) is 9.40 Å². The third-order valence-electron chi connectivity index (χ3n) is 7.41. The largest absolute Gasteiger partial charge is 0.427 e. The van der Waals surface area contributed by atoms with E-state index in [0.29, 0.717) is 48.0 Å². The molecule has 0 radical (unpaired) electrons. The lowest BCUT2D eigenvalue weighted by Crippen LogP contribution is -2.24. The second kappa shape index (κ2) is 11.2. The van der Waals surface area contributed by atoms with Crippen LogP contribution in [0.2, 0.25) is 0 Å². The highest BCUT2D eigenvalue weighted by Gasteiger charge is 2.45. The van der Waals surface area contributed by atoms with E-state index in [9.17, 15) is 19.1 Å². The average Bonchev–Trinajstić information content (AvgIpc) is 3.58. The molecule has 0 aliphatic carbocycles. The van der Waals surface area contributed by atoms with Crippen molar-refractivity contribution in [3.63, 3.8) is 0 Å². The van der Waals surface area contributed by atoms with Gasteiger partial charge in [0.05, 0.1) is 16.2 Å². The highest BCUT2D eigenvalue weighted by atomic mass is 31.2. The van der Waals surface area contributed by atoms with Crippen LogP contribution in [0.4, 0.5) is 5.69 Å². The van der Waals surface area contributed by atoms with Crippen molar-refractivity contribution in [3.05, 3.63) is 96.5 Å². The van der Waals surface area contributed by atoms with E-state index in [1.54, 1.807) is 49.0 Å². The van der Waals surface area contributed by atoms with Crippen molar-refractivity contribution < 1.29 is 23.6 Å². The Kier molecular flexibility index (Phi) is 7.72. The second-order valence-corrected chi connectivity index (χ2v) is 11.6. The van der Waals surface area contributed by atoms with Gasteiger partial charge in [0.25, 0.3) is 0 Å². The van der Waals surface area contributed by atoms with Crippen LogP contribution >= 0.6 is 7.60 Å². The molecule has 0 aliphatic heterocycles. The molecule has 3 aromatic carbocycles. The Labute approximate surface area is 232 Å². The summed E-state index contributed by atoms with van der Waals surface area (Å²) in [5.74, 6) is 0.367. The molecule has 0 atom stereocenters. The van der Waals surface area contributed by atoms with Gasteiger partial charge in [-0.25, -0.2) is 4.98 Å². The maximum atomic E-state index is 12.9. The lowest BCUT2D eigenvalue weighted by atomic mass is 9.92. The molecule has 0 fully saturated rings. The number of aromatic nitrogens is 3. The number of nitrogens with one attached hydrogen (secondary N) is 1. The van der Waals surface area contributed by atoms with Gasteiger partial charge < -0.3 is 19.5 Å². The highest BCUT2D eigenvalue weighted by molar-refractivity contribution is 7.53. The third kappa shape index (κ3) is 5.23. The Balaban J connectivity index is 1.34. The summed E-state index contributed by atoms with van der Waals surface area (Å²) in [6.07, 6.45) is 2.75. The third-order valence-corrected chi connectivity index (χ3v) is 9.41. The highest BCUT2D eigenvalue weighted by Crippen LogP contribution is 2.60. The van der Waals surface area contributed by atoms with E-state index in [1.807, 2.05) is 54.6 Å². The Hall–Kier alpha value is -4.04. The number of benzene rings is 3. The number of hydrogen-bond acceptors (Lipinski definition) is 5. The molecule has 0 aliphatic rings. The first-order valence-corrected chi connectivity index (χ1v) is 14.8. The van der Waals surface area contributed by atoms with Crippen molar-refractivity contribution in [3.8, 4) is 17.3 Å². The fourth-order valence-electron chi connectivity index (χ4n) is 5.10. The maximum Gasteiger partial charge on any atom is 0.335 e. The van der Waals surface area contributed by atoms with Gasteiger partial charge in [-0.3, -0.25) is 13.9 Å². The molecule has 0 unspecified atom stereocenters. The molecule has 2 heterocycles. The molecule has 0 saturated heterocycles. The minimum atomic E-state index is -4.39. The van der Waals surface area contributed by atoms with Gasteiger partial charge in [0.1, 0.15) is 17.8 Å². The topological polar surface area (TPSA) is 130 Å². The van der Waals surface area contributed by atoms with E-state index in [1.165, 1.54) is 0 Å². The normalized spacial score (nSPS) is 12.1. The Morgan fingerprint density at radius 3 is 2.33 bits per heavy atom. The van der Waals surface area contributed by atoms with Gasteiger partial charge in [-0.2, -0.15) is 4.98 Å². The number of oxazole rings is 1. The fraction of sp³-hybridized carbons (Fsp3) is 0.233. The quantitative estimate of drug-likeness (QED) is 0.168. The minimum absolute atomic E-state index is 0.150. The van der Waals surface area contributed by atoms with Crippen LogP contribution in [0.1, 0.15) is 44.4 Å². The van der Waals surface area contributed by atoms with E-state index in [2.05, 4.69) is 10.3 Å². The molecule has 5 aromatic rings. The van der Waals surface area contributed by atoms with Crippen LogP contribution in [0.3, 0.4) is 0 Å². The summed E-state index contributed by atoms with van der Waals surface area (Å²) >= 11 is 0. The van der Waals surface area contributed by atoms with E-state index >= 15 is 0 Å². The van der Waals surface area contributed by atoms with Crippen molar-refractivity contribution in [2.45, 2.75) is 44.7 Å². The molecule has 1 amide bonds. The van der Waals surface area contributed by atoms with Gasteiger partial charge in [0, 0.05) is 24.1 Å². The van der Waals surface area contributed by atoms with Crippen molar-refractivity contribution in [2.24, 2.45) is 0 Å². The number of carbonyl (C=O) groups is 1. The molecule has 3 N–H and O–H groups in total. The molecule has 10 heteroatoms. The number of rotatable bonds is 10. The molecule has 0 bridgehead atoms. The Morgan fingerprint density at radius 1 is 0.975 bits per heavy atom. The van der Waals surface area contributed by atoms with Crippen LogP contribution < -0.4 is 5.32 Å². The second-order valence-electron chi connectivity index (χ2n) is 9.65. The van der Waals surface area contributed by atoms with Crippen molar-refractivity contribution in [1.82, 2.24) is 14.5 Å². The molecular weight excluding hydrogens is 527 g/mol. The predicted molar refractivity (Wildman–Crippen MR) is 154 cm³/mol. The summed E-state index contributed by atoms with van der Waals surface area (Å²) in [4.78, 5) is 42.1. The van der Waals surface area contributed by atoms with E-state index in [-0.39, 0.29) is 12.3 Å². The molecular formula is C30H31N4O5P. The smallest absolute Gasteiger partial charge is 0.335 e. The molecule has 0 spiro atoms. The lowest BCUT2D eigenvalue weighted by Gasteiger charge is -2.33. The van der Waals surface area contributed by atoms with Gasteiger partial charge in [-0.15, -0.1) is 0 Å². The minimum Gasteiger partial charge on any atom is -0.427 e. The average molecular weight is 559 g/mol. The number of nitrogens with zero attached hydrogens (tertiary/aromatic N) is 3. The van der Waals surface area contributed by atoms with Crippen LogP contribution in [0.15, 0.2) is 89.6 Å². The fourth-order valence-corrected chi connectivity index (χ4v) is 6.41. The number of fused-ring (bicyclic) bond motifs is 1. The molecule has 206 valence electrons. The summed E-state index contributed by atoms with van der Waals surface area (Å²) in [6.45, 7) is 3.54. The molecule has 0 saturated carbocycles. The molecule has 5 rings (SSSR count). The number of amides is 1. The number of imidazole rings is 1. The molecule has 40 heavy (non-hydrogen) atoms. The molecule has 2 aromatic heterocycles. The first kappa shape index (κ1) is 27.5. The van der Waals surface area contributed by atoms with Crippen LogP contribution in [0.25, 0.3) is 28.3 Å². The monoisotopic (exact) mass is 558 g/mol. The number of carbonyl (C=O) groups excluding carboxylic acids is 1. The first-order chi connectivity index (χ1) is 19.3. The van der Waals surface area contributed by atoms with Crippen molar-refractivity contribution in [1.29, 1.82) is 0 Å². The van der Waals surface area contributed by atoms with Gasteiger partial charge in [-0.05, 0) is 42.7 Å². The summed E-state index contributed by atoms with van der Waals surface area (Å²) in [6, 6.07) is 24.5. The zero-order valence-electron chi connectivity index (χ0n) is 22.3. The number of anilines is 1. The van der Waals surface area contributed by atoms with E-state index < -0.39 is 12.8 Å². The maximum absolute atomic E-state index is 12.9. The zero-order valence-corrected chi connectivity index (χ0v) is 23.2. The van der Waals surface area contributed by atoms with Gasteiger partial charge in [0.2, 0.25) is 5.91 Å². The Bertz CT molecular complexity index is 1670. The lowest BCUT2D eigenvalue weighted by molar-refractivity contribution is -0.116. The number of para-hydroxylation sites is 2. The number of aryl methyl sites for hydroxylation is 1. The first-order valence-electron chi connectivity index (χ1n) is 13.2. The summed E-state index contributed by atoms with van der Waals surface area (Å²) in [5.41, 5.74) is 4.34. The van der Waals surface area contributed by atoms with Gasteiger partial charge in [-0.1, -0.05) is 68.4 Å². The molecule has 9 nitrogen and oxygen atoms in total. The predicted octanol–water partition coefficient (Wildman–Crippen LogP) is 6.44. The van der Waals surface area contributed by atoms with Crippen LogP contribution in [0, 0.1) is 0 Å². The van der Waals surface area contributed by atoms with Crippen molar-refractivity contribution >= 4 is 30.2 Å². The Morgan fingerprint density at radius 2 is 1.65 bits per heavy atom. The van der Waals surface area contributed by atoms with Gasteiger partial charge >= 0.3 is 13.6 Å². The van der Waals surface area contributed by atoms with Crippen molar-refractivity contribution in [2.75, 3.05) is 5.32 Å². The van der Waals surface area contributed by atoms with Crippen LogP contribution in [-0.4, -0.2) is 30.2 Å². The van der Waals surface area contributed by atoms with Crippen LogP contribution in [0.5, 0.6) is 0 Å². The van der Waals surface area contributed by atoms with E-state index in [0.717, 1.165) is 16.6 Å².